The smallest absolute Gasteiger partial charge is 0.407 e. The molecule has 166 valence electrons. The molecule has 1 rings (SSSR count). The molecule has 9 heteroatoms. The van der Waals surface area contributed by atoms with Gasteiger partial charge in [-0.3, -0.25) is 9.59 Å². The van der Waals surface area contributed by atoms with Crippen molar-refractivity contribution in [1.29, 1.82) is 0 Å². The zero-order valence-corrected chi connectivity index (χ0v) is 17.7. The summed E-state index contributed by atoms with van der Waals surface area (Å²) in [6.07, 6.45) is 0.777. The predicted molar refractivity (Wildman–Crippen MR) is 112 cm³/mol. The van der Waals surface area contributed by atoms with Crippen LogP contribution in [0.15, 0.2) is 24.3 Å². The van der Waals surface area contributed by atoms with Crippen molar-refractivity contribution in [2.75, 3.05) is 19.0 Å². The van der Waals surface area contributed by atoms with Crippen LogP contribution in [0.3, 0.4) is 0 Å². The quantitative estimate of drug-likeness (QED) is 0.414. The molecule has 1 aromatic rings. The van der Waals surface area contributed by atoms with Crippen LogP contribution < -0.4 is 16.0 Å². The number of hydrogen-bond donors (Lipinski definition) is 3. The van der Waals surface area contributed by atoms with E-state index in [2.05, 4.69) is 16.0 Å². The average molecular weight is 425 g/mol. The highest BCUT2D eigenvalue weighted by Gasteiger charge is 2.22. The molecule has 0 radical (unpaired) electrons. The Morgan fingerprint density at radius 3 is 2.53 bits per heavy atom. The Balaban J connectivity index is 2.64. The number of amides is 3. The van der Waals surface area contributed by atoms with Crippen molar-refractivity contribution in [2.24, 2.45) is 0 Å². The summed E-state index contributed by atoms with van der Waals surface area (Å²) in [5.41, 5.74) is -0.345. The molecule has 0 saturated carbocycles. The lowest BCUT2D eigenvalue weighted by Gasteiger charge is -2.20. The van der Waals surface area contributed by atoms with E-state index >= 15 is 0 Å². The first-order valence-electron chi connectivity index (χ1n) is 11.0. The van der Waals surface area contributed by atoms with Crippen molar-refractivity contribution < 1.29 is 32.8 Å². The summed E-state index contributed by atoms with van der Waals surface area (Å²) in [4.78, 5) is 48.0. The van der Waals surface area contributed by atoms with Gasteiger partial charge in [0.25, 0.3) is 5.91 Å². The summed E-state index contributed by atoms with van der Waals surface area (Å²) in [5, 5.41) is 7.41. The zero-order chi connectivity index (χ0) is 25.2. The van der Waals surface area contributed by atoms with E-state index in [1.807, 2.05) is 0 Å². The molecule has 0 heterocycles. The lowest BCUT2D eigenvalue weighted by Crippen LogP contribution is -2.41. The van der Waals surface area contributed by atoms with E-state index in [4.69, 9.17) is 13.6 Å². The highest BCUT2D eigenvalue weighted by Crippen LogP contribution is 2.12. The number of rotatable bonds is 9. The summed E-state index contributed by atoms with van der Waals surface area (Å²) in [7, 11) is 1.20. The van der Waals surface area contributed by atoms with Crippen LogP contribution in [0.2, 0.25) is 0 Å². The molecule has 0 saturated heterocycles. The van der Waals surface area contributed by atoms with Gasteiger partial charge >= 0.3 is 12.1 Å². The van der Waals surface area contributed by atoms with Gasteiger partial charge in [0.1, 0.15) is 11.6 Å². The van der Waals surface area contributed by atoms with Gasteiger partial charge < -0.3 is 25.4 Å². The predicted octanol–water partition coefficient (Wildman–Crippen LogP) is 2.61. The second-order valence-corrected chi connectivity index (χ2v) is 7.51. The molecule has 1 atom stereocenters. The Labute approximate surface area is 181 Å². The normalized spacial score (nSPS) is 13.7. The van der Waals surface area contributed by atoms with E-state index in [0.717, 1.165) is 0 Å². The number of nitrogens with one attached hydrogen (secondary N) is 3. The lowest BCUT2D eigenvalue weighted by molar-refractivity contribution is -0.143. The number of methoxy groups -OCH3 is 1. The number of anilines is 1. The van der Waals surface area contributed by atoms with Gasteiger partial charge in [0.15, 0.2) is 0 Å². The molecule has 0 fully saturated rings. The molecule has 9 nitrogen and oxygen atoms in total. The number of carbonyl (C=O) groups excluding carboxylic acids is 4. The Morgan fingerprint density at radius 1 is 1.17 bits per heavy atom. The van der Waals surface area contributed by atoms with Crippen molar-refractivity contribution in [3.05, 3.63) is 29.8 Å². The van der Waals surface area contributed by atoms with Crippen LogP contribution in [-0.4, -0.2) is 49.2 Å². The van der Waals surface area contributed by atoms with Crippen LogP contribution in [0.4, 0.5) is 10.5 Å². The van der Waals surface area contributed by atoms with Gasteiger partial charge in [0, 0.05) is 28.8 Å². The minimum atomic E-state index is -2.83. The van der Waals surface area contributed by atoms with Gasteiger partial charge in [-0.2, -0.15) is 0 Å². The number of unbranched alkanes of at least 4 members (excludes halogenated alkanes) is 1. The standard InChI is InChI=1S/C21H31N3O6/c1-14(25)23-16-10-8-9-15(13-16)18(26)24-17(19(27)29-5)11-6-7-12-22-20(28)30-21(2,3)4/h8-10,13,17H,6-7,11-12H2,1-5H3,(H,22,28)(H,23,25)(H,24,26)/t17-/m1/s1/i1D3. The molecular weight excluding hydrogens is 390 g/mol. The minimum absolute atomic E-state index is 0.124. The van der Waals surface area contributed by atoms with Gasteiger partial charge in [-0.25, -0.2) is 9.59 Å². The van der Waals surface area contributed by atoms with E-state index in [1.54, 1.807) is 20.8 Å². The molecule has 3 amide bonds. The number of benzene rings is 1. The Hall–Kier alpha value is -3.10. The first-order chi connectivity index (χ1) is 15.2. The van der Waals surface area contributed by atoms with Crippen molar-refractivity contribution >= 4 is 29.6 Å². The third-order valence-electron chi connectivity index (χ3n) is 3.76. The molecule has 0 aliphatic heterocycles. The maximum Gasteiger partial charge on any atom is 0.407 e. The number of carbonyl (C=O) groups is 4. The molecule has 0 unspecified atom stereocenters. The van der Waals surface area contributed by atoms with Crippen LogP contribution in [0.25, 0.3) is 0 Å². The molecule has 0 aromatic heterocycles. The summed E-state index contributed by atoms with van der Waals surface area (Å²) >= 11 is 0. The first-order valence-corrected chi connectivity index (χ1v) is 9.50. The molecule has 0 aliphatic rings. The van der Waals surface area contributed by atoms with Crippen molar-refractivity contribution in [3.63, 3.8) is 0 Å². The van der Waals surface area contributed by atoms with Crippen molar-refractivity contribution in [3.8, 4) is 0 Å². The van der Waals surface area contributed by atoms with E-state index in [0.29, 0.717) is 19.4 Å². The third-order valence-corrected chi connectivity index (χ3v) is 3.76. The summed E-state index contributed by atoms with van der Waals surface area (Å²) in [6.45, 7) is 2.78. The van der Waals surface area contributed by atoms with E-state index < -0.39 is 42.4 Å². The largest absolute Gasteiger partial charge is 0.467 e. The van der Waals surface area contributed by atoms with Gasteiger partial charge in [-0.05, 0) is 58.2 Å². The molecule has 0 spiro atoms. The second kappa shape index (κ2) is 11.8. The zero-order valence-electron chi connectivity index (χ0n) is 20.7. The molecule has 1 aromatic carbocycles. The van der Waals surface area contributed by atoms with Gasteiger partial charge in [0.2, 0.25) is 5.91 Å². The molecular formula is C21H31N3O6. The molecule has 30 heavy (non-hydrogen) atoms. The summed E-state index contributed by atoms with van der Waals surface area (Å²) in [6, 6.07) is 4.75. The average Bonchev–Trinajstić information content (AvgIpc) is 2.70. The Kier molecular flexibility index (Phi) is 7.93. The van der Waals surface area contributed by atoms with Crippen LogP contribution in [0.1, 0.15) is 61.4 Å². The van der Waals surface area contributed by atoms with Crippen LogP contribution >= 0.6 is 0 Å². The van der Waals surface area contributed by atoms with Crippen molar-refractivity contribution in [2.45, 2.75) is 58.5 Å². The van der Waals surface area contributed by atoms with Crippen molar-refractivity contribution in [1.82, 2.24) is 10.6 Å². The van der Waals surface area contributed by atoms with Crippen LogP contribution in [0, 0.1) is 0 Å². The fourth-order valence-corrected chi connectivity index (χ4v) is 2.48. The van der Waals surface area contributed by atoms with Crippen LogP contribution in [-0.2, 0) is 19.1 Å². The van der Waals surface area contributed by atoms with Crippen LogP contribution in [0.5, 0.6) is 0 Å². The van der Waals surface area contributed by atoms with Gasteiger partial charge in [-0.15, -0.1) is 0 Å². The molecule has 0 bridgehead atoms. The van der Waals surface area contributed by atoms with Gasteiger partial charge in [0.05, 0.1) is 7.11 Å². The Bertz CT molecular complexity index is 852. The molecule has 0 aliphatic carbocycles. The number of esters is 1. The first kappa shape index (κ1) is 20.2. The molecule has 3 N–H and O–H groups in total. The van der Waals surface area contributed by atoms with E-state index in [1.165, 1.54) is 31.4 Å². The maximum atomic E-state index is 12.6. The van der Waals surface area contributed by atoms with Gasteiger partial charge in [-0.1, -0.05) is 6.07 Å². The fraction of sp³-hybridized carbons (Fsp3) is 0.524. The summed E-state index contributed by atoms with van der Waals surface area (Å²) in [5.74, 6) is -2.40. The SMILES string of the molecule is [2H]C([2H])([2H])C(=O)Nc1cccc(C(=O)N[C@H](CCCCNC(=O)OC(C)(C)C)C(=O)OC)c1. The number of ether oxygens (including phenoxy) is 2. The highest BCUT2D eigenvalue weighted by molar-refractivity contribution is 5.98. The number of alkyl carbamates (subject to hydrolysis) is 1. The maximum absolute atomic E-state index is 12.6. The van der Waals surface area contributed by atoms with E-state index in [9.17, 15) is 19.2 Å². The summed E-state index contributed by atoms with van der Waals surface area (Å²) < 4.78 is 31.2. The van der Waals surface area contributed by atoms with E-state index in [-0.39, 0.29) is 17.7 Å². The second-order valence-electron chi connectivity index (χ2n) is 7.51. The topological polar surface area (TPSA) is 123 Å². The minimum Gasteiger partial charge on any atom is -0.467 e. The number of hydrogen-bond acceptors (Lipinski definition) is 6. The highest BCUT2D eigenvalue weighted by atomic mass is 16.6. The third kappa shape index (κ3) is 9.90. The fourth-order valence-electron chi connectivity index (χ4n) is 2.48. The Morgan fingerprint density at radius 2 is 1.90 bits per heavy atom. The lowest BCUT2D eigenvalue weighted by atomic mass is 10.1. The monoisotopic (exact) mass is 424 g/mol.